The standard InChI is InChI=1S/C11H18N6O2S2/c1-4-5-12-6-9-10(7(2)13-15-9)21(18,19)17-11-16-14-8(3)20-11/h12H,4-6H2,1-3H3,(H,13,15)(H,16,17). The molecule has 0 aromatic carbocycles. The molecule has 116 valence electrons. The molecule has 0 saturated heterocycles. The van der Waals surface area contributed by atoms with Gasteiger partial charge in [-0.3, -0.25) is 9.82 Å². The van der Waals surface area contributed by atoms with E-state index in [1.165, 1.54) is 11.3 Å². The van der Waals surface area contributed by atoms with Crippen molar-refractivity contribution in [2.75, 3.05) is 11.3 Å². The van der Waals surface area contributed by atoms with Gasteiger partial charge in [0.25, 0.3) is 10.0 Å². The number of hydrogen-bond donors (Lipinski definition) is 3. The van der Waals surface area contributed by atoms with E-state index in [4.69, 9.17) is 0 Å². The molecule has 0 amide bonds. The van der Waals surface area contributed by atoms with Crippen LogP contribution in [0.5, 0.6) is 0 Å². The highest BCUT2D eigenvalue weighted by Crippen LogP contribution is 2.23. The summed E-state index contributed by atoms with van der Waals surface area (Å²) in [6.07, 6.45) is 0.966. The fraction of sp³-hybridized carbons (Fsp3) is 0.545. The van der Waals surface area contributed by atoms with Crippen molar-refractivity contribution in [2.45, 2.75) is 38.6 Å². The topological polar surface area (TPSA) is 113 Å². The van der Waals surface area contributed by atoms with Gasteiger partial charge in [0, 0.05) is 6.54 Å². The molecule has 0 aliphatic carbocycles. The van der Waals surface area contributed by atoms with E-state index in [-0.39, 0.29) is 10.0 Å². The number of sulfonamides is 1. The van der Waals surface area contributed by atoms with Crippen molar-refractivity contribution in [2.24, 2.45) is 0 Å². The summed E-state index contributed by atoms with van der Waals surface area (Å²) in [5.74, 6) is 0. The summed E-state index contributed by atoms with van der Waals surface area (Å²) in [6.45, 7) is 6.67. The number of rotatable bonds is 7. The van der Waals surface area contributed by atoms with E-state index in [0.29, 0.717) is 22.9 Å². The fourth-order valence-corrected chi connectivity index (χ4v) is 4.02. The first kappa shape index (κ1) is 15.9. The van der Waals surface area contributed by atoms with Gasteiger partial charge in [0.1, 0.15) is 9.90 Å². The number of H-pyrrole nitrogens is 1. The number of aromatic amines is 1. The maximum Gasteiger partial charge on any atom is 0.267 e. The van der Waals surface area contributed by atoms with Gasteiger partial charge in [-0.2, -0.15) is 5.10 Å². The van der Waals surface area contributed by atoms with Gasteiger partial charge in [0.15, 0.2) is 0 Å². The van der Waals surface area contributed by atoms with Crippen molar-refractivity contribution < 1.29 is 8.42 Å². The summed E-state index contributed by atoms with van der Waals surface area (Å²) < 4.78 is 27.4. The Bertz CT molecular complexity index is 706. The Morgan fingerprint density at radius 2 is 2.05 bits per heavy atom. The molecule has 2 heterocycles. The summed E-state index contributed by atoms with van der Waals surface area (Å²) in [4.78, 5) is 0.166. The second kappa shape index (κ2) is 6.50. The van der Waals surface area contributed by atoms with E-state index >= 15 is 0 Å². The highest BCUT2D eigenvalue weighted by molar-refractivity contribution is 7.93. The fourth-order valence-electron chi connectivity index (χ4n) is 1.83. The van der Waals surface area contributed by atoms with E-state index in [2.05, 4.69) is 30.4 Å². The lowest BCUT2D eigenvalue weighted by molar-refractivity contribution is 0.596. The summed E-state index contributed by atoms with van der Waals surface area (Å²) in [6, 6.07) is 0. The summed E-state index contributed by atoms with van der Waals surface area (Å²) >= 11 is 1.19. The molecule has 0 radical (unpaired) electrons. The largest absolute Gasteiger partial charge is 0.311 e. The normalized spacial score (nSPS) is 11.8. The van der Waals surface area contributed by atoms with Crippen LogP contribution < -0.4 is 10.0 Å². The van der Waals surface area contributed by atoms with Gasteiger partial charge in [-0.1, -0.05) is 18.3 Å². The van der Waals surface area contributed by atoms with Crippen molar-refractivity contribution in [3.8, 4) is 0 Å². The molecule has 8 nitrogen and oxygen atoms in total. The minimum Gasteiger partial charge on any atom is -0.311 e. The van der Waals surface area contributed by atoms with Crippen LogP contribution in [0.15, 0.2) is 4.90 Å². The SMILES string of the molecule is CCCNCc1n[nH]c(C)c1S(=O)(=O)Nc1nnc(C)s1. The zero-order valence-electron chi connectivity index (χ0n) is 12.1. The van der Waals surface area contributed by atoms with Crippen LogP contribution in [0.1, 0.15) is 29.7 Å². The van der Waals surface area contributed by atoms with Crippen LogP contribution >= 0.6 is 11.3 Å². The molecule has 2 aromatic rings. The molecule has 0 aliphatic heterocycles. The summed E-state index contributed by atoms with van der Waals surface area (Å²) in [7, 11) is -3.73. The van der Waals surface area contributed by atoms with Gasteiger partial charge in [0.2, 0.25) is 5.13 Å². The van der Waals surface area contributed by atoms with Crippen LogP contribution in [0.25, 0.3) is 0 Å². The first-order valence-electron chi connectivity index (χ1n) is 6.51. The molecule has 3 N–H and O–H groups in total. The Kier molecular flexibility index (Phi) is 4.91. The third-order valence-corrected chi connectivity index (χ3v) is 5.12. The highest BCUT2D eigenvalue weighted by Gasteiger charge is 2.25. The van der Waals surface area contributed by atoms with Gasteiger partial charge in [0.05, 0.1) is 11.4 Å². The lowest BCUT2D eigenvalue weighted by Crippen LogP contribution is -2.19. The molecule has 0 bridgehead atoms. The van der Waals surface area contributed by atoms with Crippen LogP contribution in [0.4, 0.5) is 5.13 Å². The quantitative estimate of drug-likeness (QED) is 0.657. The van der Waals surface area contributed by atoms with Crippen molar-refractivity contribution in [3.63, 3.8) is 0 Å². The Morgan fingerprint density at radius 1 is 1.29 bits per heavy atom. The zero-order chi connectivity index (χ0) is 15.5. The third-order valence-electron chi connectivity index (χ3n) is 2.70. The Balaban J connectivity index is 2.24. The summed E-state index contributed by atoms with van der Waals surface area (Å²) in [5, 5.41) is 18.4. The van der Waals surface area contributed by atoms with E-state index in [0.717, 1.165) is 13.0 Å². The molecule has 0 saturated carbocycles. The molecule has 0 unspecified atom stereocenters. The van der Waals surface area contributed by atoms with Crippen molar-refractivity contribution in [1.29, 1.82) is 0 Å². The van der Waals surface area contributed by atoms with Crippen LogP contribution in [0, 0.1) is 13.8 Å². The van der Waals surface area contributed by atoms with Crippen molar-refractivity contribution in [1.82, 2.24) is 25.7 Å². The van der Waals surface area contributed by atoms with E-state index < -0.39 is 10.0 Å². The van der Waals surface area contributed by atoms with Crippen molar-refractivity contribution in [3.05, 3.63) is 16.4 Å². The molecule has 0 aliphatic rings. The lowest BCUT2D eigenvalue weighted by Gasteiger charge is -2.07. The minimum absolute atomic E-state index is 0.166. The van der Waals surface area contributed by atoms with Crippen molar-refractivity contribution >= 4 is 26.5 Å². The molecular weight excluding hydrogens is 312 g/mol. The van der Waals surface area contributed by atoms with Gasteiger partial charge < -0.3 is 5.32 Å². The molecule has 21 heavy (non-hydrogen) atoms. The van der Waals surface area contributed by atoms with Gasteiger partial charge in [-0.25, -0.2) is 8.42 Å². The number of nitrogens with zero attached hydrogens (tertiary/aromatic N) is 3. The maximum absolute atomic E-state index is 12.5. The summed E-state index contributed by atoms with van der Waals surface area (Å²) in [5.41, 5.74) is 0.965. The average molecular weight is 330 g/mol. The molecule has 0 atom stereocenters. The number of hydrogen-bond acceptors (Lipinski definition) is 7. The lowest BCUT2D eigenvalue weighted by atomic mass is 10.3. The predicted molar refractivity (Wildman–Crippen MR) is 80.8 cm³/mol. The van der Waals surface area contributed by atoms with Crippen LogP contribution in [0.2, 0.25) is 0 Å². The van der Waals surface area contributed by atoms with Gasteiger partial charge in [-0.05, 0) is 26.8 Å². The van der Waals surface area contributed by atoms with Gasteiger partial charge >= 0.3 is 0 Å². The average Bonchev–Trinajstić information content (AvgIpc) is 2.96. The molecule has 0 fully saturated rings. The minimum atomic E-state index is -3.73. The smallest absolute Gasteiger partial charge is 0.267 e. The van der Waals surface area contributed by atoms with E-state index in [1.807, 2.05) is 6.92 Å². The number of aryl methyl sites for hydroxylation is 2. The van der Waals surface area contributed by atoms with E-state index in [1.54, 1.807) is 13.8 Å². The number of aromatic nitrogens is 4. The molecule has 10 heteroatoms. The predicted octanol–water partition coefficient (Wildman–Crippen LogP) is 1.18. The Morgan fingerprint density at radius 3 is 2.67 bits per heavy atom. The second-order valence-electron chi connectivity index (χ2n) is 4.53. The molecule has 2 rings (SSSR count). The molecular formula is C11H18N6O2S2. The third kappa shape index (κ3) is 3.77. The highest BCUT2D eigenvalue weighted by atomic mass is 32.2. The van der Waals surface area contributed by atoms with Crippen LogP contribution in [0.3, 0.4) is 0 Å². The first-order valence-corrected chi connectivity index (χ1v) is 8.81. The van der Waals surface area contributed by atoms with Crippen LogP contribution in [-0.4, -0.2) is 35.4 Å². The van der Waals surface area contributed by atoms with E-state index in [9.17, 15) is 8.42 Å². The number of nitrogens with one attached hydrogen (secondary N) is 3. The molecule has 2 aromatic heterocycles. The molecule has 0 spiro atoms. The number of anilines is 1. The van der Waals surface area contributed by atoms with Gasteiger partial charge in [-0.15, -0.1) is 10.2 Å². The second-order valence-corrected chi connectivity index (χ2v) is 7.33. The first-order chi connectivity index (χ1) is 9.94. The van der Waals surface area contributed by atoms with Crippen LogP contribution in [-0.2, 0) is 16.6 Å². The zero-order valence-corrected chi connectivity index (χ0v) is 13.7. The Hall–Kier alpha value is -1.52. The Labute approximate surface area is 127 Å². The monoisotopic (exact) mass is 330 g/mol. The maximum atomic E-state index is 12.5.